The summed E-state index contributed by atoms with van der Waals surface area (Å²) < 4.78 is 0. The molecule has 0 aliphatic rings. The highest BCUT2D eigenvalue weighted by Crippen LogP contribution is 2.26. The summed E-state index contributed by atoms with van der Waals surface area (Å²) in [5.41, 5.74) is 2.59. The van der Waals surface area contributed by atoms with Crippen molar-refractivity contribution in [3.8, 4) is 0 Å². The van der Waals surface area contributed by atoms with Crippen LogP contribution in [0, 0.1) is 0 Å². The van der Waals surface area contributed by atoms with Crippen molar-refractivity contribution in [2.75, 3.05) is 0 Å². The number of benzene rings is 1. The van der Waals surface area contributed by atoms with Gasteiger partial charge in [-0.25, -0.2) is 9.79 Å². The molecule has 80 valence electrons. The fourth-order valence-corrected chi connectivity index (χ4v) is 1.39. The van der Waals surface area contributed by atoms with Crippen LogP contribution >= 0.6 is 0 Å². The molecule has 0 radical (unpaired) electrons. The van der Waals surface area contributed by atoms with Gasteiger partial charge < -0.3 is 0 Å². The number of carbonyl (C=O) groups excluding carboxylic acids is 1. The lowest BCUT2D eigenvalue weighted by molar-refractivity contribution is 0.506. The Hall–Kier alpha value is -1.40. The van der Waals surface area contributed by atoms with E-state index in [2.05, 4.69) is 37.9 Å². The maximum absolute atomic E-state index is 9.96. The number of isocyanates is 1. The van der Waals surface area contributed by atoms with E-state index in [0.717, 1.165) is 12.0 Å². The topological polar surface area (TPSA) is 29.4 Å². The van der Waals surface area contributed by atoms with Crippen LogP contribution in [0.2, 0.25) is 0 Å². The highest BCUT2D eigenvalue weighted by molar-refractivity contribution is 5.34. The van der Waals surface area contributed by atoms with Gasteiger partial charge >= 0.3 is 0 Å². The molecule has 0 bridgehead atoms. The van der Waals surface area contributed by atoms with Gasteiger partial charge in [-0.2, -0.15) is 0 Å². The molecule has 0 aliphatic carbocycles. The summed E-state index contributed by atoms with van der Waals surface area (Å²) in [5.74, 6) is 0. The van der Waals surface area contributed by atoms with Crippen LogP contribution in [0.15, 0.2) is 29.3 Å². The van der Waals surface area contributed by atoms with Crippen LogP contribution in [0.4, 0.5) is 0 Å². The van der Waals surface area contributed by atoms with Gasteiger partial charge in [-0.3, -0.25) is 0 Å². The first kappa shape index (κ1) is 11.7. The van der Waals surface area contributed by atoms with E-state index >= 15 is 0 Å². The second-order valence-electron chi connectivity index (χ2n) is 4.34. The molecular formula is C13H17NO. The van der Waals surface area contributed by atoms with E-state index < -0.39 is 0 Å². The van der Waals surface area contributed by atoms with Crippen molar-refractivity contribution < 1.29 is 4.79 Å². The van der Waals surface area contributed by atoms with E-state index in [1.165, 1.54) is 5.56 Å². The average Bonchev–Trinajstić information content (AvgIpc) is 2.27. The van der Waals surface area contributed by atoms with Crippen molar-refractivity contribution in [2.45, 2.75) is 39.2 Å². The minimum absolute atomic E-state index is 0.215. The van der Waals surface area contributed by atoms with Gasteiger partial charge in [0.1, 0.15) is 0 Å². The van der Waals surface area contributed by atoms with Crippen LogP contribution in [0.1, 0.15) is 38.3 Å². The molecule has 0 fully saturated rings. The van der Waals surface area contributed by atoms with Gasteiger partial charge in [-0.15, -0.1) is 0 Å². The van der Waals surface area contributed by atoms with Gasteiger partial charge in [0.25, 0.3) is 0 Å². The third-order valence-corrected chi connectivity index (χ3v) is 2.95. The summed E-state index contributed by atoms with van der Waals surface area (Å²) in [6.45, 7) is 7.07. The predicted molar refractivity (Wildman–Crippen MR) is 61.6 cm³/mol. The molecule has 0 saturated heterocycles. The molecule has 0 unspecified atom stereocenters. The van der Waals surface area contributed by atoms with Crippen molar-refractivity contribution in [2.24, 2.45) is 4.99 Å². The lowest BCUT2D eigenvalue weighted by Gasteiger charge is -2.23. The van der Waals surface area contributed by atoms with Gasteiger partial charge in [-0.1, -0.05) is 45.0 Å². The maximum Gasteiger partial charge on any atom is 0.235 e. The van der Waals surface area contributed by atoms with Crippen molar-refractivity contribution in [3.63, 3.8) is 0 Å². The molecule has 0 aromatic heterocycles. The van der Waals surface area contributed by atoms with Gasteiger partial charge in [0, 0.05) is 0 Å². The Morgan fingerprint density at radius 2 is 1.87 bits per heavy atom. The Morgan fingerprint density at radius 1 is 1.27 bits per heavy atom. The first-order valence-electron chi connectivity index (χ1n) is 5.23. The fourth-order valence-electron chi connectivity index (χ4n) is 1.39. The molecule has 15 heavy (non-hydrogen) atoms. The number of nitrogens with zero attached hydrogens (tertiary/aromatic N) is 1. The molecular weight excluding hydrogens is 186 g/mol. The minimum atomic E-state index is 0.215. The van der Waals surface area contributed by atoms with E-state index in [1.807, 2.05) is 12.1 Å². The van der Waals surface area contributed by atoms with E-state index in [0.29, 0.717) is 6.54 Å². The summed E-state index contributed by atoms with van der Waals surface area (Å²) in [7, 11) is 0. The second-order valence-corrected chi connectivity index (χ2v) is 4.34. The lowest BCUT2D eigenvalue weighted by Crippen LogP contribution is -2.15. The maximum atomic E-state index is 9.96. The largest absolute Gasteiger partial charge is 0.235 e. The van der Waals surface area contributed by atoms with Gasteiger partial charge in [0.05, 0.1) is 6.54 Å². The van der Waals surface area contributed by atoms with Crippen LogP contribution in [-0.4, -0.2) is 6.08 Å². The SMILES string of the molecule is CCC(C)(C)c1ccc(CN=C=O)cc1. The first-order chi connectivity index (χ1) is 7.10. The molecule has 0 amide bonds. The molecule has 0 N–H and O–H groups in total. The molecule has 0 atom stereocenters. The predicted octanol–water partition coefficient (Wildman–Crippen LogP) is 3.21. The quantitative estimate of drug-likeness (QED) is 0.545. The average molecular weight is 203 g/mol. The Kier molecular flexibility index (Phi) is 3.81. The standard InChI is InChI=1S/C13H17NO/c1-4-13(2,3)12-7-5-11(6-8-12)9-14-10-15/h5-8H,4,9H2,1-3H3. The van der Waals surface area contributed by atoms with Crippen LogP contribution < -0.4 is 0 Å². The fraction of sp³-hybridized carbons (Fsp3) is 0.462. The zero-order valence-electron chi connectivity index (χ0n) is 9.58. The van der Waals surface area contributed by atoms with E-state index in [9.17, 15) is 4.79 Å². The normalized spacial score (nSPS) is 10.9. The Labute approximate surface area is 91.0 Å². The molecule has 2 nitrogen and oxygen atoms in total. The summed E-state index contributed by atoms with van der Waals surface area (Å²) in [6, 6.07) is 8.26. The number of hydrogen-bond acceptors (Lipinski definition) is 2. The van der Waals surface area contributed by atoms with Crippen molar-refractivity contribution in [1.82, 2.24) is 0 Å². The zero-order valence-corrected chi connectivity index (χ0v) is 9.58. The van der Waals surface area contributed by atoms with Crippen molar-refractivity contribution in [3.05, 3.63) is 35.4 Å². The minimum Gasteiger partial charge on any atom is -0.211 e. The monoisotopic (exact) mass is 203 g/mol. The third kappa shape index (κ3) is 3.03. The number of rotatable bonds is 4. The summed E-state index contributed by atoms with van der Waals surface area (Å²) >= 11 is 0. The molecule has 0 heterocycles. The van der Waals surface area contributed by atoms with Crippen molar-refractivity contribution >= 4 is 6.08 Å². The molecule has 0 spiro atoms. The molecule has 1 rings (SSSR count). The molecule has 2 heteroatoms. The number of aliphatic imine (C=N–C) groups is 1. The highest BCUT2D eigenvalue weighted by Gasteiger charge is 2.17. The molecule has 1 aromatic carbocycles. The number of hydrogen-bond donors (Lipinski definition) is 0. The van der Waals surface area contributed by atoms with E-state index in [1.54, 1.807) is 6.08 Å². The Morgan fingerprint density at radius 3 is 2.33 bits per heavy atom. The molecule has 0 saturated carbocycles. The summed E-state index contributed by atoms with van der Waals surface area (Å²) in [5, 5.41) is 0. The van der Waals surface area contributed by atoms with Crippen molar-refractivity contribution in [1.29, 1.82) is 0 Å². The van der Waals surface area contributed by atoms with Gasteiger partial charge in [0.2, 0.25) is 6.08 Å². The van der Waals surface area contributed by atoms with Gasteiger partial charge in [-0.05, 0) is 23.0 Å². The second kappa shape index (κ2) is 4.90. The van der Waals surface area contributed by atoms with E-state index in [-0.39, 0.29) is 5.41 Å². The third-order valence-electron chi connectivity index (χ3n) is 2.95. The van der Waals surface area contributed by atoms with Crippen LogP contribution in [0.25, 0.3) is 0 Å². The molecule has 0 aliphatic heterocycles. The Balaban J connectivity index is 2.85. The van der Waals surface area contributed by atoms with Crippen LogP contribution in [0.3, 0.4) is 0 Å². The smallest absolute Gasteiger partial charge is 0.211 e. The first-order valence-corrected chi connectivity index (χ1v) is 5.23. The van der Waals surface area contributed by atoms with Gasteiger partial charge in [0.15, 0.2) is 0 Å². The molecule has 1 aromatic rings. The summed E-state index contributed by atoms with van der Waals surface area (Å²) in [6.07, 6.45) is 2.66. The van der Waals surface area contributed by atoms with E-state index in [4.69, 9.17) is 0 Å². The Bertz CT molecular complexity index is 359. The van der Waals surface area contributed by atoms with Crippen LogP contribution in [-0.2, 0) is 16.8 Å². The zero-order chi connectivity index (χ0) is 11.3. The summed E-state index contributed by atoms with van der Waals surface area (Å²) in [4.78, 5) is 13.5. The highest BCUT2D eigenvalue weighted by atomic mass is 16.1. The van der Waals surface area contributed by atoms with Crippen LogP contribution in [0.5, 0.6) is 0 Å². The lowest BCUT2D eigenvalue weighted by atomic mass is 9.82.